The summed E-state index contributed by atoms with van der Waals surface area (Å²) in [6.45, 7) is 1.93. The molecule has 230 valence electrons. The Morgan fingerprint density at radius 1 is 0.822 bits per heavy atom. The molecular weight excluding hydrogens is 631 g/mol. The van der Waals surface area contributed by atoms with Gasteiger partial charge < -0.3 is 14.4 Å². The Morgan fingerprint density at radius 2 is 1.49 bits per heavy atom. The predicted octanol–water partition coefficient (Wildman–Crippen LogP) is 9.80. The zero-order valence-electron chi connectivity index (χ0n) is 24.5. The molecule has 4 aromatic carbocycles. The maximum Gasteiger partial charge on any atom is 0.329 e. The molecule has 3 aliphatic rings. The van der Waals surface area contributed by atoms with Crippen molar-refractivity contribution in [3.8, 4) is 11.1 Å². The van der Waals surface area contributed by atoms with Crippen molar-refractivity contribution in [1.29, 1.82) is 0 Å². The second kappa shape index (κ2) is 12.4. The smallest absolute Gasteiger partial charge is 0.329 e. The van der Waals surface area contributed by atoms with Gasteiger partial charge in [-0.05, 0) is 59.7 Å². The summed E-state index contributed by atoms with van der Waals surface area (Å²) in [6.07, 6.45) is 4.22. The van der Waals surface area contributed by atoms with E-state index >= 15 is 0 Å². The van der Waals surface area contributed by atoms with E-state index in [0.717, 1.165) is 65.5 Å². The highest BCUT2D eigenvalue weighted by atomic mass is 35.5. The van der Waals surface area contributed by atoms with Crippen LogP contribution >= 0.6 is 34.8 Å². The number of aldehydes is 1. The molecule has 2 amide bonds. The third-order valence-electron chi connectivity index (χ3n) is 9.15. The number of carbonyl (C=O) groups excluding carboxylic acids is 2. The van der Waals surface area contributed by atoms with E-state index in [9.17, 15) is 9.59 Å². The summed E-state index contributed by atoms with van der Waals surface area (Å²) in [4.78, 5) is 29.2. The van der Waals surface area contributed by atoms with Crippen LogP contribution in [-0.4, -0.2) is 36.2 Å². The van der Waals surface area contributed by atoms with Gasteiger partial charge in [0.15, 0.2) is 5.79 Å². The van der Waals surface area contributed by atoms with E-state index in [-0.39, 0.29) is 11.9 Å². The van der Waals surface area contributed by atoms with E-state index in [1.165, 1.54) is 0 Å². The lowest BCUT2D eigenvalue weighted by atomic mass is 9.79. The van der Waals surface area contributed by atoms with E-state index in [1.807, 2.05) is 36.4 Å². The Bertz CT molecular complexity index is 1740. The van der Waals surface area contributed by atoms with E-state index < -0.39 is 5.79 Å². The van der Waals surface area contributed by atoms with Crippen LogP contribution in [0.5, 0.6) is 0 Å². The van der Waals surface area contributed by atoms with Crippen molar-refractivity contribution in [2.75, 3.05) is 18.1 Å². The molecule has 0 unspecified atom stereocenters. The van der Waals surface area contributed by atoms with Gasteiger partial charge in [0.2, 0.25) is 0 Å². The Morgan fingerprint density at radius 3 is 2.16 bits per heavy atom. The topological polar surface area (TPSA) is 59.1 Å². The molecule has 1 saturated carbocycles. The van der Waals surface area contributed by atoms with Gasteiger partial charge >= 0.3 is 6.03 Å². The Labute approximate surface area is 277 Å². The van der Waals surface area contributed by atoms with Crippen molar-refractivity contribution < 1.29 is 19.1 Å². The number of para-hydroxylation sites is 1. The zero-order valence-corrected chi connectivity index (χ0v) is 26.7. The number of amides is 2. The van der Waals surface area contributed by atoms with Crippen LogP contribution in [0.1, 0.15) is 58.6 Å². The first-order chi connectivity index (χ1) is 21.9. The summed E-state index contributed by atoms with van der Waals surface area (Å²) in [7, 11) is 0. The first-order valence-electron chi connectivity index (χ1n) is 15.1. The molecule has 1 spiro atoms. The fraction of sp³-hybridized carbons (Fsp3) is 0.278. The Hall–Kier alpha value is -3.39. The molecule has 6 nitrogen and oxygen atoms in total. The minimum Gasteiger partial charge on any atom is -0.348 e. The van der Waals surface area contributed by atoms with Crippen LogP contribution in [0.2, 0.25) is 15.1 Å². The van der Waals surface area contributed by atoms with Crippen molar-refractivity contribution >= 4 is 58.5 Å². The molecule has 0 aromatic heterocycles. The van der Waals surface area contributed by atoms with Gasteiger partial charge in [0.1, 0.15) is 6.29 Å². The molecule has 0 N–H and O–H groups in total. The third kappa shape index (κ3) is 5.75. The SMILES string of the molecule is O=Cc1ccc(CN2Cc3c(-c4ccccc4Cl)cc(C4CCC5(CC4)OCCO5)cc3N(c3c(Cl)cccc3Cl)C2=O)cc1. The van der Waals surface area contributed by atoms with E-state index in [2.05, 4.69) is 12.1 Å². The Balaban J connectivity index is 1.38. The quantitative estimate of drug-likeness (QED) is 0.193. The number of urea groups is 1. The van der Waals surface area contributed by atoms with Gasteiger partial charge in [0.05, 0.1) is 41.2 Å². The largest absolute Gasteiger partial charge is 0.348 e. The van der Waals surface area contributed by atoms with Crippen LogP contribution in [0.3, 0.4) is 0 Å². The number of rotatable bonds is 6. The van der Waals surface area contributed by atoms with Crippen LogP contribution in [0.15, 0.2) is 78.9 Å². The van der Waals surface area contributed by atoms with Crippen molar-refractivity contribution in [1.82, 2.24) is 4.90 Å². The van der Waals surface area contributed by atoms with Gasteiger partial charge in [-0.15, -0.1) is 0 Å². The van der Waals surface area contributed by atoms with Crippen molar-refractivity contribution in [2.45, 2.75) is 50.5 Å². The zero-order chi connectivity index (χ0) is 31.1. The summed E-state index contributed by atoms with van der Waals surface area (Å²) in [5, 5.41) is 1.38. The Kier molecular flexibility index (Phi) is 8.36. The molecular formula is C36H31Cl3N2O4. The molecule has 0 radical (unpaired) electrons. The molecule has 2 fully saturated rings. The summed E-state index contributed by atoms with van der Waals surface area (Å²) >= 11 is 20.4. The fourth-order valence-corrected chi connectivity index (χ4v) is 7.65. The third-order valence-corrected chi connectivity index (χ3v) is 10.1. The average molecular weight is 662 g/mol. The molecule has 4 aromatic rings. The average Bonchev–Trinajstić information content (AvgIpc) is 3.50. The molecule has 1 saturated heterocycles. The lowest BCUT2D eigenvalue weighted by Gasteiger charge is -2.40. The van der Waals surface area contributed by atoms with Crippen molar-refractivity contribution in [3.63, 3.8) is 0 Å². The van der Waals surface area contributed by atoms with E-state index in [1.54, 1.807) is 40.1 Å². The maximum absolute atomic E-state index is 14.5. The highest BCUT2D eigenvalue weighted by molar-refractivity contribution is 6.40. The monoisotopic (exact) mass is 660 g/mol. The summed E-state index contributed by atoms with van der Waals surface area (Å²) in [6, 6.07) is 24.4. The summed E-state index contributed by atoms with van der Waals surface area (Å²) in [5.41, 5.74) is 6.56. The van der Waals surface area contributed by atoms with Crippen LogP contribution in [0.25, 0.3) is 11.1 Å². The second-order valence-corrected chi connectivity index (χ2v) is 13.1. The molecule has 1 aliphatic carbocycles. The molecule has 2 heterocycles. The van der Waals surface area contributed by atoms with Gasteiger partial charge in [0, 0.05) is 41.1 Å². The number of nitrogens with zero attached hydrogens (tertiary/aromatic N) is 2. The van der Waals surface area contributed by atoms with Gasteiger partial charge in [0.25, 0.3) is 0 Å². The predicted molar refractivity (Wildman–Crippen MR) is 178 cm³/mol. The highest BCUT2D eigenvalue weighted by Crippen LogP contribution is 2.49. The fourth-order valence-electron chi connectivity index (χ4n) is 6.84. The van der Waals surface area contributed by atoms with Crippen LogP contribution < -0.4 is 4.90 Å². The van der Waals surface area contributed by atoms with Crippen molar-refractivity contribution in [2.24, 2.45) is 0 Å². The summed E-state index contributed by atoms with van der Waals surface area (Å²) in [5.74, 6) is -0.239. The number of halogens is 3. The minimum absolute atomic E-state index is 0.239. The van der Waals surface area contributed by atoms with Gasteiger partial charge in [-0.3, -0.25) is 9.69 Å². The van der Waals surface area contributed by atoms with Crippen LogP contribution in [0.4, 0.5) is 16.2 Å². The van der Waals surface area contributed by atoms with Crippen molar-refractivity contribution in [3.05, 3.63) is 116 Å². The van der Waals surface area contributed by atoms with E-state index in [4.69, 9.17) is 44.3 Å². The lowest BCUT2D eigenvalue weighted by molar-refractivity contribution is -0.178. The number of fused-ring (bicyclic) bond motifs is 1. The molecule has 45 heavy (non-hydrogen) atoms. The van der Waals surface area contributed by atoms with Crippen LogP contribution in [0, 0.1) is 0 Å². The lowest BCUT2D eigenvalue weighted by Crippen LogP contribution is -2.45. The first-order valence-corrected chi connectivity index (χ1v) is 16.3. The van der Waals surface area contributed by atoms with Gasteiger partial charge in [-0.25, -0.2) is 4.79 Å². The standard InChI is InChI=1S/C36H31Cl3N2O4/c37-30-5-2-1-4-27(30)28-18-26(25-12-14-36(15-13-25)44-16-17-45-36)19-33-29(28)21-40(20-23-8-10-24(22-42)11-9-23)35(43)41(33)34-31(38)6-3-7-32(34)39/h1-11,18-19,22,25H,12-17,20-21H2. The van der Waals surface area contributed by atoms with Gasteiger partial charge in [-0.1, -0.05) is 89.4 Å². The number of anilines is 2. The molecule has 0 atom stereocenters. The molecule has 0 bridgehead atoms. The number of benzene rings is 4. The van der Waals surface area contributed by atoms with E-state index in [0.29, 0.717) is 52.6 Å². The van der Waals surface area contributed by atoms with Crippen LogP contribution in [-0.2, 0) is 22.6 Å². The minimum atomic E-state index is -0.478. The molecule has 7 rings (SSSR count). The van der Waals surface area contributed by atoms with Gasteiger partial charge in [-0.2, -0.15) is 0 Å². The second-order valence-electron chi connectivity index (χ2n) is 11.8. The number of hydrogen-bond acceptors (Lipinski definition) is 4. The normalized spacial score (nSPS) is 18.0. The highest BCUT2D eigenvalue weighted by Gasteiger charge is 2.42. The molecule has 9 heteroatoms. The maximum atomic E-state index is 14.5. The number of ether oxygens (including phenoxy) is 2. The number of hydrogen-bond donors (Lipinski definition) is 0. The number of carbonyl (C=O) groups is 2. The first kappa shape index (κ1) is 30.3. The molecule has 2 aliphatic heterocycles. The summed E-state index contributed by atoms with van der Waals surface area (Å²) < 4.78 is 12.0.